The van der Waals surface area contributed by atoms with E-state index in [1.54, 1.807) is 0 Å². The van der Waals surface area contributed by atoms with Crippen LogP contribution < -0.4 is 31.1 Å². The molecule has 8 aromatic carbocycles. The van der Waals surface area contributed by atoms with Crippen molar-refractivity contribution >= 4 is 74.3 Å². The Morgan fingerprint density at radius 3 is 1.22 bits per heavy atom. The van der Waals surface area contributed by atoms with Crippen LogP contribution in [-0.2, 0) is 21.7 Å². The molecule has 2 aliphatic rings. The Bertz CT molecular complexity index is 3780. The van der Waals surface area contributed by atoms with E-state index >= 15 is 0 Å². The summed E-state index contributed by atoms with van der Waals surface area (Å²) in [6.07, 6.45) is 0. The smallest absolute Gasteiger partial charge is 0.252 e. The molecule has 2 aliphatic heterocycles. The molecule has 0 radical (unpaired) electrons. The minimum Gasteiger partial charge on any atom is -0.311 e. The van der Waals surface area contributed by atoms with Crippen LogP contribution in [0.2, 0.25) is 0 Å². The van der Waals surface area contributed by atoms with Crippen molar-refractivity contribution < 1.29 is 19.2 Å². The fourth-order valence-corrected chi connectivity index (χ4v) is 9.50. The molecule has 0 amide bonds. The number of benzene rings is 8. The van der Waals surface area contributed by atoms with Crippen LogP contribution in [0.5, 0.6) is 0 Å². The van der Waals surface area contributed by atoms with Crippen molar-refractivity contribution in [2.75, 3.05) is 14.7 Å². The molecule has 0 N–H and O–H groups in total. The van der Waals surface area contributed by atoms with Gasteiger partial charge in [0, 0.05) is 45.5 Å². The van der Waals surface area contributed by atoms with Gasteiger partial charge in [0.25, 0.3) is 6.71 Å². The number of hydrogen-bond acceptors (Lipinski definition) is 3. The van der Waals surface area contributed by atoms with Crippen LogP contribution in [0, 0.1) is 0 Å². The van der Waals surface area contributed by atoms with E-state index in [1.807, 2.05) is 12.1 Å². The second-order valence-corrected chi connectivity index (χ2v) is 22.2. The van der Waals surface area contributed by atoms with Gasteiger partial charge in [-0.25, -0.2) is 0 Å². The Balaban J connectivity index is 1.44. The molecule has 0 fully saturated rings. The summed E-state index contributed by atoms with van der Waals surface area (Å²) in [4.78, 5) is 5.53. The van der Waals surface area contributed by atoms with Crippen LogP contribution in [-0.4, -0.2) is 6.71 Å². The van der Waals surface area contributed by atoms with Gasteiger partial charge in [0.2, 0.25) is 0 Å². The van der Waals surface area contributed by atoms with Gasteiger partial charge in [-0.15, -0.1) is 0 Å². The molecule has 4 heteroatoms. The Morgan fingerprint density at radius 2 is 0.779 bits per heavy atom. The Hall–Kier alpha value is -6.78. The van der Waals surface area contributed by atoms with Gasteiger partial charge in [0.05, 0.1) is 24.9 Å². The molecule has 2 heterocycles. The lowest BCUT2D eigenvalue weighted by Gasteiger charge is -2.45. The summed E-state index contributed by atoms with van der Waals surface area (Å²) in [6, 6.07) is 23.2. The van der Waals surface area contributed by atoms with Crippen LogP contribution in [0.3, 0.4) is 0 Å². The fraction of sp³-hybridized carbons (Fsp3) is 0.250. The van der Waals surface area contributed by atoms with Crippen LogP contribution in [0.15, 0.2) is 182 Å². The summed E-state index contributed by atoms with van der Waals surface area (Å²) < 4.78 is 129. The third-order valence-electron chi connectivity index (χ3n) is 13.3. The highest BCUT2D eigenvalue weighted by molar-refractivity contribution is 7.00. The van der Waals surface area contributed by atoms with Gasteiger partial charge in [-0.1, -0.05) is 192 Å². The number of para-hydroxylation sites is 1. The normalized spacial score (nSPS) is 16.4. The highest BCUT2D eigenvalue weighted by Gasteiger charge is 2.45. The first-order chi connectivity index (χ1) is 38.1. The highest BCUT2D eigenvalue weighted by Crippen LogP contribution is 2.49. The molecular formula is C64H66BN3. The molecule has 68 heavy (non-hydrogen) atoms. The summed E-state index contributed by atoms with van der Waals surface area (Å²) >= 11 is 0. The molecule has 0 aromatic heterocycles. The molecule has 0 saturated heterocycles. The Kier molecular flexibility index (Phi) is 7.59. The minimum absolute atomic E-state index is 0.0920. The number of fused-ring (bicyclic) bond motifs is 4. The van der Waals surface area contributed by atoms with Gasteiger partial charge < -0.3 is 14.7 Å². The number of rotatable bonds is 6. The largest absolute Gasteiger partial charge is 0.311 e. The summed E-state index contributed by atoms with van der Waals surface area (Å²) in [7, 11) is 0. The molecule has 0 bridgehead atoms. The van der Waals surface area contributed by atoms with Crippen molar-refractivity contribution in [3.63, 3.8) is 0 Å². The summed E-state index contributed by atoms with van der Waals surface area (Å²) in [5.74, 6) is 0. The molecule has 0 aliphatic carbocycles. The van der Waals surface area contributed by atoms with Crippen molar-refractivity contribution in [2.24, 2.45) is 0 Å². The van der Waals surface area contributed by atoms with E-state index in [2.05, 4.69) is 178 Å². The molecule has 10 rings (SSSR count). The van der Waals surface area contributed by atoms with Gasteiger partial charge in [0.15, 0.2) is 0 Å². The first kappa shape index (κ1) is 31.3. The van der Waals surface area contributed by atoms with Crippen molar-refractivity contribution in [1.29, 1.82) is 0 Å². The molecule has 0 unspecified atom stereocenters. The van der Waals surface area contributed by atoms with Gasteiger partial charge in [-0.05, 0) is 144 Å². The second kappa shape index (κ2) is 16.5. The number of hydrogen-bond donors (Lipinski definition) is 0. The summed E-state index contributed by atoms with van der Waals surface area (Å²) in [6.45, 7) is 25.6. The number of anilines is 9. The van der Waals surface area contributed by atoms with E-state index in [0.717, 1.165) is 61.4 Å². The quantitative estimate of drug-likeness (QED) is 0.154. The van der Waals surface area contributed by atoms with Crippen LogP contribution in [0.25, 0.3) is 11.1 Å². The van der Waals surface area contributed by atoms with E-state index < -0.39 is 114 Å². The molecule has 8 aromatic rings. The van der Waals surface area contributed by atoms with E-state index in [-0.39, 0.29) is 27.3 Å². The lowest BCUT2D eigenvalue weighted by molar-refractivity contribution is 0.590. The average Bonchev–Trinajstić information content (AvgIpc) is 0.855. The fourth-order valence-electron chi connectivity index (χ4n) is 9.50. The zero-order valence-corrected chi connectivity index (χ0v) is 41.2. The topological polar surface area (TPSA) is 9.72 Å². The zero-order chi connectivity index (χ0) is 60.1. The molecule has 3 nitrogen and oxygen atoms in total. The Labute approximate surface area is 426 Å². The van der Waals surface area contributed by atoms with E-state index in [4.69, 9.17) is 11.0 Å². The number of nitrogens with zero attached hydrogens (tertiary/aromatic N) is 3. The maximum atomic E-state index is 10.1. The third-order valence-corrected chi connectivity index (χ3v) is 13.3. The monoisotopic (exact) mass is 902 g/mol. The SMILES string of the molecule is [2H]c1c([2H])c([2H])c(-c2c([2H])c([2H])c([2H])c(N(c3cc4c5c(c3)N(c3ccc(C(C)(C)C)cc3)c3ccc(C(C)(C)C)cc3B5c3cc(C(C)(C)C)ccc3N4c3ccc(C(C)(C)C)cc3)c3c([2H])c([2H])c([2H])c([2H])c3[2H])c2[2H])c([2H])c1[2H]. The summed E-state index contributed by atoms with van der Waals surface area (Å²) in [5, 5.41) is 0. The van der Waals surface area contributed by atoms with Gasteiger partial charge >= 0.3 is 0 Å². The van der Waals surface area contributed by atoms with Crippen molar-refractivity contribution in [3.05, 3.63) is 204 Å². The van der Waals surface area contributed by atoms with E-state index in [9.17, 15) is 8.22 Å². The maximum absolute atomic E-state index is 10.1. The van der Waals surface area contributed by atoms with E-state index in [1.165, 1.54) is 4.90 Å². The van der Waals surface area contributed by atoms with E-state index in [0.29, 0.717) is 11.4 Å². The molecule has 0 saturated carbocycles. The second-order valence-electron chi connectivity index (χ2n) is 22.2. The molecule has 0 atom stereocenters. The molecular weight excluding hydrogens is 822 g/mol. The first-order valence-corrected chi connectivity index (χ1v) is 23.4. The van der Waals surface area contributed by atoms with Gasteiger partial charge in [-0.3, -0.25) is 0 Å². The first-order valence-electron chi connectivity index (χ1n) is 30.4. The highest BCUT2D eigenvalue weighted by atomic mass is 15.2. The standard InChI is InChI=1S/C64H66BN3/c1-61(2,3)45-26-32-50(33-27-45)67-56-36-30-47(63(7,8)9)39-54(56)65-55-40-48(64(10,11)12)31-37-57(55)68(51-34-28-46(29-35-51)62(4,5)6)59-42-53(41-58(67)60(59)65)66(49-23-17-14-18-24-49)52-25-19-22-44(38-52)43-20-15-13-16-21-43/h13-42H,1-12H3/i13D,14D,15D,16D,17D,18D,19D,20D,21D,22D,23D,24D,25D,38D. The lowest BCUT2D eigenvalue weighted by Crippen LogP contribution is -2.61. The zero-order valence-electron chi connectivity index (χ0n) is 55.2. The van der Waals surface area contributed by atoms with Crippen molar-refractivity contribution in [2.45, 2.75) is 105 Å². The Morgan fingerprint density at radius 1 is 0.382 bits per heavy atom. The predicted octanol–water partition coefficient (Wildman–Crippen LogP) is 16.1. The summed E-state index contributed by atoms with van der Waals surface area (Å²) in [5.41, 5.74) is 8.82. The van der Waals surface area contributed by atoms with Gasteiger partial charge in [0.1, 0.15) is 0 Å². The average molecular weight is 902 g/mol. The third kappa shape index (κ3) is 8.12. The molecule has 340 valence electrons. The van der Waals surface area contributed by atoms with Gasteiger partial charge in [-0.2, -0.15) is 0 Å². The van der Waals surface area contributed by atoms with Crippen LogP contribution in [0.1, 0.15) is 125 Å². The lowest BCUT2D eigenvalue weighted by atomic mass is 9.33. The van der Waals surface area contributed by atoms with Crippen molar-refractivity contribution in [1.82, 2.24) is 0 Å². The predicted molar refractivity (Wildman–Crippen MR) is 295 cm³/mol. The van der Waals surface area contributed by atoms with Crippen LogP contribution >= 0.6 is 0 Å². The minimum atomic E-state index is -0.794. The molecule has 0 spiro atoms. The van der Waals surface area contributed by atoms with Crippen LogP contribution in [0.4, 0.5) is 51.2 Å². The van der Waals surface area contributed by atoms with Crippen molar-refractivity contribution in [3.8, 4) is 11.1 Å². The maximum Gasteiger partial charge on any atom is 0.252 e.